The first kappa shape index (κ1) is 17.6. The van der Waals surface area contributed by atoms with Crippen LogP contribution >= 0.6 is 12.2 Å². The highest BCUT2D eigenvalue weighted by Gasteiger charge is 2.42. The normalized spacial score (nSPS) is 14.2. The molecule has 1 unspecified atom stereocenters. The lowest BCUT2D eigenvalue weighted by molar-refractivity contribution is -0.159. The monoisotopic (exact) mass is 285 g/mol. The third-order valence-corrected chi connectivity index (χ3v) is 2.99. The molecule has 0 aromatic heterocycles. The predicted octanol–water partition coefficient (Wildman–Crippen LogP) is 1.72. The molecule has 108 valence electrons. The molecule has 0 aromatic carbocycles. The lowest BCUT2D eigenvalue weighted by atomic mass is 10.1. The van der Waals surface area contributed by atoms with Gasteiger partial charge in [-0.15, -0.1) is 0 Å². The Morgan fingerprint density at radius 1 is 1.28 bits per heavy atom. The number of hydrogen-bond donors (Lipinski definition) is 1. The standard InChI is InChI=1S/C11H22F3N3S/c1-4-17(7-5-6-16(2)3)8-9(10(15)18)11(12,13)14/h9H,4-8H2,1-3H3,(H2,15,18). The van der Waals surface area contributed by atoms with E-state index in [4.69, 9.17) is 5.73 Å². The summed E-state index contributed by atoms with van der Waals surface area (Å²) < 4.78 is 38.1. The minimum absolute atomic E-state index is 0.150. The zero-order valence-electron chi connectivity index (χ0n) is 11.1. The molecule has 7 heteroatoms. The van der Waals surface area contributed by atoms with Gasteiger partial charge in [-0.2, -0.15) is 13.2 Å². The lowest BCUT2D eigenvalue weighted by Gasteiger charge is -2.27. The molecule has 0 saturated carbocycles. The van der Waals surface area contributed by atoms with E-state index in [0.29, 0.717) is 13.1 Å². The van der Waals surface area contributed by atoms with Crippen molar-refractivity contribution in [2.45, 2.75) is 19.5 Å². The minimum atomic E-state index is -4.36. The summed E-state index contributed by atoms with van der Waals surface area (Å²) in [5.74, 6) is -1.72. The van der Waals surface area contributed by atoms with E-state index in [0.717, 1.165) is 13.0 Å². The molecule has 2 N–H and O–H groups in total. The van der Waals surface area contributed by atoms with Crippen molar-refractivity contribution in [2.75, 3.05) is 40.3 Å². The molecule has 0 aliphatic carbocycles. The van der Waals surface area contributed by atoms with E-state index < -0.39 is 17.1 Å². The molecule has 1 atom stereocenters. The average molecular weight is 285 g/mol. The fourth-order valence-corrected chi connectivity index (χ4v) is 1.81. The Labute approximate surface area is 112 Å². The van der Waals surface area contributed by atoms with Gasteiger partial charge in [0.1, 0.15) is 5.92 Å². The Kier molecular flexibility index (Phi) is 7.73. The molecule has 0 fully saturated rings. The molecule has 0 amide bonds. The lowest BCUT2D eigenvalue weighted by Crippen LogP contribution is -2.44. The van der Waals surface area contributed by atoms with Crippen LogP contribution in [0.15, 0.2) is 0 Å². The van der Waals surface area contributed by atoms with Crippen LogP contribution in [0, 0.1) is 5.92 Å². The van der Waals surface area contributed by atoms with Crippen LogP contribution < -0.4 is 5.73 Å². The van der Waals surface area contributed by atoms with Gasteiger partial charge in [-0.05, 0) is 40.2 Å². The number of hydrogen-bond acceptors (Lipinski definition) is 3. The number of nitrogens with zero attached hydrogens (tertiary/aromatic N) is 2. The van der Waals surface area contributed by atoms with Gasteiger partial charge in [0.05, 0.1) is 4.99 Å². The maximum absolute atomic E-state index is 12.7. The highest BCUT2D eigenvalue weighted by molar-refractivity contribution is 7.80. The summed E-state index contributed by atoms with van der Waals surface area (Å²) >= 11 is 4.51. The Morgan fingerprint density at radius 3 is 2.17 bits per heavy atom. The summed E-state index contributed by atoms with van der Waals surface area (Å²) in [6.45, 7) is 3.71. The molecule has 0 radical (unpaired) electrons. The van der Waals surface area contributed by atoms with Crippen molar-refractivity contribution in [1.29, 1.82) is 0 Å². The van der Waals surface area contributed by atoms with Crippen LogP contribution in [-0.2, 0) is 0 Å². The van der Waals surface area contributed by atoms with Crippen molar-refractivity contribution < 1.29 is 13.2 Å². The summed E-state index contributed by atoms with van der Waals surface area (Å²) in [7, 11) is 3.87. The molecule has 0 aliphatic heterocycles. The van der Waals surface area contributed by atoms with E-state index in [9.17, 15) is 13.2 Å². The third-order valence-electron chi connectivity index (χ3n) is 2.71. The zero-order chi connectivity index (χ0) is 14.3. The van der Waals surface area contributed by atoms with Crippen LogP contribution in [-0.4, -0.2) is 61.2 Å². The number of alkyl halides is 3. The first-order chi connectivity index (χ1) is 8.18. The van der Waals surface area contributed by atoms with Crippen LogP contribution in [0.3, 0.4) is 0 Å². The fraction of sp³-hybridized carbons (Fsp3) is 0.909. The molecule has 0 bridgehead atoms. The summed E-state index contributed by atoms with van der Waals surface area (Å²) in [6, 6.07) is 0. The SMILES string of the molecule is CCN(CCCN(C)C)CC(C(N)=S)C(F)(F)F. The molecule has 0 aliphatic rings. The van der Waals surface area contributed by atoms with E-state index in [-0.39, 0.29) is 6.54 Å². The van der Waals surface area contributed by atoms with Gasteiger partial charge >= 0.3 is 6.18 Å². The van der Waals surface area contributed by atoms with Crippen LogP contribution in [0.1, 0.15) is 13.3 Å². The molecule has 0 aromatic rings. The van der Waals surface area contributed by atoms with Crippen LogP contribution in [0.4, 0.5) is 13.2 Å². The van der Waals surface area contributed by atoms with Gasteiger partial charge in [0.15, 0.2) is 0 Å². The van der Waals surface area contributed by atoms with Crippen molar-refractivity contribution >= 4 is 17.2 Å². The molecule has 0 saturated heterocycles. The molecule has 0 rings (SSSR count). The number of halogens is 3. The highest BCUT2D eigenvalue weighted by Crippen LogP contribution is 2.27. The summed E-state index contributed by atoms with van der Waals surface area (Å²) in [5.41, 5.74) is 5.18. The second kappa shape index (κ2) is 7.91. The van der Waals surface area contributed by atoms with Crippen LogP contribution in [0.25, 0.3) is 0 Å². The van der Waals surface area contributed by atoms with Crippen LogP contribution in [0.2, 0.25) is 0 Å². The van der Waals surface area contributed by atoms with Crippen LogP contribution in [0.5, 0.6) is 0 Å². The Hall–Kier alpha value is -0.400. The highest BCUT2D eigenvalue weighted by atomic mass is 32.1. The van der Waals surface area contributed by atoms with E-state index in [1.54, 1.807) is 4.90 Å². The second-order valence-electron chi connectivity index (χ2n) is 4.55. The van der Waals surface area contributed by atoms with E-state index in [1.807, 2.05) is 25.9 Å². The Morgan fingerprint density at radius 2 is 1.83 bits per heavy atom. The second-order valence-corrected chi connectivity index (χ2v) is 5.02. The summed E-state index contributed by atoms with van der Waals surface area (Å²) in [5, 5.41) is 0. The van der Waals surface area contributed by atoms with E-state index in [2.05, 4.69) is 12.2 Å². The van der Waals surface area contributed by atoms with Gasteiger partial charge in [0.25, 0.3) is 0 Å². The maximum Gasteiger partial charge on any atom is 0.399 e. The van der Waals surface area contributed by atoms with Gasteiger partial charge < -0.3 is 15.5 Å². The van der Waals surface area contributed by atoms with Gasteiger partial charge in [-0.25, -0.2) is 0 Å². The van der Waals surface area contributed by atoms with Gasteiger partial charge in [-0.3, -0.25) is 0 Å². The molecule has 3 nitrogen and oxygen atoms in total. The number of nitrogens with two attached hydrogens (primary N) is 1. The summed E-state index contributed by atoms with van der Waals surface area (Å²) in [6.07, 6.45) is -3.54. The quantitative estimate of drug-likeness (QED) is 0.688. The topological polar surface area (TPSA) is 32.5 Å². The van der Waals surface area contributed by atoms with Crippen molar-refractivity contribution in [1.82, 2.24) is 9.80 Å². The van der Waals surface area contributed by atoms with Crippen molar-refractivity contribution in [3.63, 3.8) is 0 Å². The summed E-state index contributed by atoms with van der Waals surface area (Å²) in [4.78, 5) is 3.26. The minimum Gasteiger partial charge on any atom is -0.393 e. The Balaban J connectivity index is 4.35. The van der Waals surface area contributed by atoms with Gasteiger partial charge in [0, 0.05) is 6.54 Å². The van der Waals surface area contributed by atoms with E-state index in [1.165, 1.54) is 0 Å². The zero-order valence-corrected chi connectivity index (χ0v) is 11.9. The van der Waals surface area contributed by atoms with E-state index >= 15 is 0 Å². The van der Waals surface area contributed by atoms with Crippen molar-refractivity contribution in [2.24, 2.45) is 11.7 Å². The van der Waals surface area contributed by atoms with Crippen molar-refractivity contribution in [3.8, 4) is 0 Å². The Bertz CT molecular complexity index is 256. The first-order valence-corrected chi connectivity index (χ1v) is 6.32. The molecular weight excluding hydrogens is 263 g/mol. The van der Waals surface area contributed by atoms with Gasteiger partial charge in [-0.1, -0.05) is 19.1 Å². The molecule has 0 spiro atoms. The number of thiocarbonyl (C=S) groups is 1. The van der Waals surface area contributed by atoms with Gasteiger partial charge in [0.2, 0.25) is 0 Å². The molecule has 18 heavy (non-hydrogen) atoms. The molecular formula is C11H22F3N3S. The average Bonchev–Trinajstić information content (AvgIpc) is 2.20. The third kappa shape index (κ3) is 7.13. The number of rotatable bonds is 8. The first-order valence-electron chi connectivity index (χ1n) is 5.91. The largest absolute Gasteiger partial charge is 0.399 e. The molecule has 0 heterocycles. The fourth-order valence-electron chi connectivity index (χ4n) is 1.60. The smallest absolute Gasteiger partial charge is 0.393 e. The maximum atomic E-state index is 12.7. The predicted molar refractivity (Wildman–Crippen MR) is 71.6 cm³/mol. The van der Waals surface area contributed by atoms with Crippen molar-refractivity contribution in [3.05, 3.63) is 0 Å².